The van der Waals surface area contributed by atoms with Crippen LogP contribution >= 0.6 is 0 Å². The number of nitrogens with zero attached hydrogens (tertiary/aromatic N) is 3. The summed E-state index contributed by atoms with van der Waals surface area (Å²) in [5.41, 5.74) is 0.256. The molecule has 10 heteroatoms. The molecule has 2 N–H and O–H groups in total. The third-order valence-corrected chi connectivity index (χ3v) is 4.52. The number of hydrogen-bond donors (Lipinski definition) is 2. The van der Waals surface area contributed by atoms with Crippen LogP contribution in [0.25, 0.3) is 11.3 Å². The minimum Gasteiger partial charge on any atom is -0.406 e. The number of aliphatic hydroxyl groups is 1. The van der Waals surface area contributed by atoms with E-state index in [4.69, 9.17) is 0 Å². The van der Waals surface area contributed by atoms with Crippen LogP contribution in [-0.2, 0) is 7.05 Å². The highest BCUT2D eigenvalue weighted by Crippen LogP contribution is 2.30. The van der Waals surface area contributed by atoms with Crippen LogP contribution in [0.4, 0.5) is 13.2 Å². The summed E-state index contributed by atoms with van der Waals surface area (Å²) in [5, 5.41) is 17.5. The average molecular weight is 434 g/mol. The number of aromatic nitrogens is 3. The summed E-state index contributed by atoms with van der Waals surface area (Å²) in [4.78, 5) is 17.4. The number of halogens is 3. The molecule has 0 aliphatic carbocycles. The molecule has 0 bridgehead atoms. The summed E-state index contributed by atoms with van der Waals surface area (Å²) in [7, 11) is 1.60. The second kappa shape index (κ2) is 8.38. The zero-order chi connectivity index (χ0) is 22.8. The van der Waals surface area contributed by atoms with Crippen molar-refractivity contribution < 1.29 is 27.8 Å². The van der Waals surface area contributed by atoms with Crippen LogP contribution in [0.2, 0.25) is 0 Å². The molecule has 0 aliphatic heterocycles. The van der Waals surface area contributed by atoms with Crippen molar-refractivity contribution in [3.63, 3.8) is 0 Å². The van der Waals surface area contributed by atoms with E-state index in [0.29, 0.717) is 16.8 Å². The van der Waals surface area contributed by atoms with Gasteiger partial charge in [0, 0.05) is 13.2 Å². The lowest BCUT2D eigenvalue weighted by atomic mass is 9.91. The number of ether oxygens (including phenoxy) is 1. The van der Waals surface area contributed by atoms with Gasteiger partial charge in [0.25, 0.3) is 5.91 Å². The first-order valence-electron chi connectivity index (χ1n) is 9.28. The average Bonchev–Trinajstić information content (AvgIpc) is 3.07. The lowest BCUT2D eigenvalue weighted by molar-refractivity contribution is -0.274. The summed E-state index contributed by atoms with van der Waals surface area (Å²) in [6.07, 6.45) is -1.71. The van der Waals surface area contributed by atoms with E-state index >= 15 is 0 Å². The Balaban J connectivity index is 1.90. The van der Waals surface area contributed by atoms with Crippen molar-refractivity contribution in [1.82, 2.24) is 20.1 Å². The SMILES string of the molecule is Cn1ncc(-c2ccccn2)c1C(=O)N[C@@H](c1ccc(OC(F)(F)F)cc1)C(C)(C)O. The molecule has 0 unspecified atom stereocenters. The van der Waals surface area contributed by atoms with Gasteiger partial charge in [0.15, 0.2) is 0 Å². The van der Waals surface area contributed by atoms with Gasteiger partial charge in [0.1, 0.15) is 11.4 Å². The van der Waals surface area contributed by atoms with Gasteiger partial charge in [0.2, 0.25) is 0 Å². The summed E-state index contributed by atoms with van der Waals surface area (Å²) in [5.74, 6) is -0.926. The maximum atomic E-state index is 13.1. The molecule has 31 heavy (non-hydrogen) atoms. The molecule has 1 atom stereocenters. The highest BCUT2D eigenvalue weighted by molar-refractivity contribution is 5.99. The van der Waals surface area contributed by atoms with E-state index in [1.807, 2.05) is 0 Å². The Labute approximate surface area is 176 Å². The van der Waals surface area contributed by atoms with E-state index in [0.717, 1.165) is 12.1 Å². The van der Waals surface area contributed by atoms with Crippen molar-refractivity contribution in [3.8, 4) is 17.0 Å². The number of nitrogens with one attached hydrogen (secondary N) is 1. The van der Waals surface area contributed by atoms with Crippen molar-refractivity contribution in [2.24, 2.45) is 7.05 Å². The Bertz CT molecular complexity index is 1040. The van der Waals surface area contributed by atoms with Crippen LogP contribution in [0.15, 0.2) is 54.9 Å². The van der Waals surface area contributed by atoms with Gasteiger partial charge in [-0.25, -0.2) is 0 Å². The van der Waals surface area contributed by atoms with Crippen molar-refractivity contribution in [1.29, 1.82) is 0 Å². The van der Waals surface area contributed by atoms with Crippen LogP contribution in [-0.4, -0.2) is 37.7 Å². The van der Waals surface area contributed by atoms with Gasteiger partial charge < -0.3 is 15.2 Å². The van der Waals surface area contributed by atoms with Crippen LogP contribution in [0, 0.1) is 0 Å². The Morgan fingerprint density at radius 2 is 1.84 bits per heavy atom. The molecule has 3 aromatic rings. The van der Waals surface area contributed by atoms with Crippen LogP contribution in [0.3, 0.4) is 0 Å². The molecule has 0 radical (unpaired) electrons. The lowest BCUT2D eigenvalue weighted by Gasteiger charge is -2.31. The number of hydrogen-bond acceptors (Lipinski definition) is 5. The van der Waals surface area contributed by atoms with Gasteiger partial charge in [-0.2, -0.15) is 5.10 Å². The van der Waals surface area contributed by atoms with Crippen molar-refractivity contribution >= 4 is 5.91 Å². The van der Waals surface area contributed by atoms with E-state index < -0.39 is 29.7 Å². The third-order valence-electron chi connectivity index (χ3n) is 4.52. The minimum absolute atomic E-state index is 0.227. The predicted molar refractivity (Wildman–Crippen MR) is 106 cm³/mol. The molecule has 3 rings (SSSR count). The van der Waals surface area contributed by atoms with Gasteiger partial charge in [0.05, 0.1) is 29.1 Å². The largest absolute Gasteiger partial charge is 0.573 e. The molecule has 2 aromatic heterocycles. The fourth-order valence-electron chi connectivity index (χ4n) is 3.15. The van der Waals surface area contributed by atoms with Crippen molar-refractivity contribution in [2.75, 3.05) is 0 Å². The third kappa shape index (κ3) is 5.40. The quantitative estimate of drug-likeness (QED) is 0.619. The summed E-state index contributed by atoms with van der Waals surface area (Å²) in [6.45, 7) is 2.97. The maximum Gasteiger partial charge on any atom is 0.573 e. The van der Waals surface area contributed by atoms with Crippen molar-refractivity contribution in [2.45, 2.75) is 31.9 Å². The number of pyridine rings is 1. The standard InChI is InChI=1S/C21H21F3N4O3/c1-20(2,30)18(13-7-9-14(10-8-13)31-21(22,23)24)27-19(29)17-15(12-26-28(17)3)16-6-4-5-11-25-16/h4-12,18,30H,1-3H3,(H,27,29)/t18-/m0/s1. The number of aryl methyl sites for hydroxylation is 1. The van der Waals surface area contributed by atoms with Gasteiger partial charge in [-0.1, -0.05) is 18.2 Å². The number of benzene rings is 1. The Kier molecular flexibility index (Phi) is 6.03. The second-order valence-electron chi connectivity index (χ2n) is 7.42. The minimum atomic E-state index is -4.81. The van der Waals surface area contributed by atoms with Gasteiger partial charge in [-0.15, -0.1) is 13.2 Å². The lowest BCUT2D eigenvalue weighted by Crippen LogP contribution is -2.42. The highest BCUT2D eigenvalue weighted by atomic mass is 19.4. The van der Waals surface area contributed by atoms with E-state index in [9.17, 15) is 23.1 Å². The Morgan fingerprint density at radius 1 is 1.16 bits per heavy atom. The zero-order valence-corrected chi connectivity index (χ0v) is 17.0. The van der Waals surface area contributed by atoms with Crippen LogP contribution < -0.4 is 10.1 Å². The highest BCUT2D eigenvalue weighted by Gasteiger charge is 2.33. The monoisotopic (exact) mass is 434 g/mol. The van der Waals surface area contributed by atoms with Crippen molar-refractivity contribution in [3.05, 3.63) is 66.1 Å². The molecule has 0 spiro atoms. The molecule has 1 amide bonds. The first-order valence-corrected chi connectivity index (χ1v) is 9.28. The number of amides is 1. The summed E-state index contributed by atoms with van der Waals surface area (Å²) in [6, 6.07) is 9.29. The van der Waals surface area contributed by atoms with Gasteiger partial charge >= 0.3 is 6.36 Å². The fourth-order valence-corrected chi connectivity index (χ4v) is 3.15. The summed E-state index contributed by atoms with van der Waals surface area (Å²) < 4.78 is 42.5. The molecule has 0 aliphatic rings. The van der Waals surface area contributed by atoms with Crippen LogP contribution in [0.5, 0.6) is 5.75 Å². The number of rotatable bonds is 6. The molecule has 7 nitrogen and oxygen atoms in total. The Morgan fingerprint density at radius 3 is 2.39 bits per heavy atom. The molecular formula is C21H21F3N4O3. The number of alkyl halides is 3. The smallest absolute Gasteiger partial charge is 0.406 e. The molecular weight excluding hydrogens is 413 g/mol. The van der Waals surface area contributed by atoms with Gasteiger partial charge in [-0.05, 0) is 43.7 Å². The van der Waals surface area contributed by atoms with E-state index in [2.05, 4.69) is 20.1 Å². The molecule has 1 aromatic carbocycles. The van der Waals surface area contributed by atoms with Gasteiger partial charge in [-0.3, -0.25) is 14.5 Å². The topological polar surface area (TPSA) is 89.3 Å². The maximum absolute atomic E-state index is 13.1. The molecule has 2 heterocycles. The number of carbonyl (C=O) groups excluding carboxylic acids is 1. The molecule has 0 saturated carbocycles. The first kappa shape index (κ1) is 22.3. The molecule has 0 fully saturated rings. The summed E-state index contributed by atoms with van der Waals surface area (Å²) >= 11 is 0. The molecule has 0 saturated heterocycles. The second-order valence-corrected chi connectivity index (χ2v) is 7.42. The molecule has 164 valence electrons. The Hall–Kier alpha value is -3.40. The normalized spacial score (nSPS) is 13.0. The predicted octanol–water partition coefficient (Wildman–Crippen LogP) is 3.62. The van der Waals surface area contributed by atoms with E-state index in [1.54, 1.807) is 31.4 Å². The zero-order valence-electron chi connectivity index (χ0n) is 17.0. The van der Waals surface area contributed by atoms with E-state index in [1.165, 1.54) is 36.9 Å². The number of carbonyl (C=O) groups is 1. The first-order chi connectivity index (χ1) is 14.5. The van der Waals surface area contributed by atoms with Crippen LogP contribution in [0.1, 0.15) is 35.9 Å². The fraction of sp³-hybridized carbons (Fsp3) is 0.286. The van der Waals surface area contributed by atoms with E-state index in [-0.39, 0.29) is 5.69 Å².